The van der Waals surface area contributed by atoms with Gasteiger partial charge in [0.1, 0.15) is 12.2 Å². The van der Waals surface area contributed by atoms with Gasteiger partial charge in [-0.05, 0) is 55.7 Å². The Morgan fingerprint density at radius 3 is 2.67 bits per heavy atom. The van der Waals surface area contributed by atoms with E-state index in [0.29, 0.717) is 5.92 Å². The van der Waals surface area contributed by atoms with E-state index in [-0.39, 0.29) is 18.4 Å². The van der Waals surface area contributed by atoms with Crippen molar-refractivity contribution < 1.29 is 9.90 Å². The standard InChI is InChI=1S/C23H29N5O2/c1-15(21-19-11-12-25-22(19)27-14-28(21)24)16-7-9-18(10-8-16)23(30)26-13-20(29)17-5-3-2-4-6-17/h2-6,11-12,14,16,18,20,25,29H,7-10,13,24H2,1H3,(H,26,30)/b21-15+/t16?,18?,20-/m1/s1. The van der Waals surface area contributed by atoms with Gasteiger partial charge in [-0.25, -0.2) is 10.8 Å². The van der Waals surface area contributed by atoms with Gasteiger partial charge in [-0.3, -0.25) is 9.80 Å². The predicted molar refractivity (Wildman–Crippen MR) is 117 cm³/mol. The van der Waals surface area contributed by atoms with Gasteiger partial charge < -0.3 is 15.4 Å². The molecule has 7 nitrogen and oxygen atoms in total. The number of aromatic nitrogens is 1. The summed E-state index contributed by atoms with van der Waals surface area (Å²) in [5.74, 6) is 7.42. The summed E-state index contributed by atoms with van der Waals surface area (Å²) in [4.78, 5) is 20.1. The predicted octanol–water partition coefficient (Wildman–Crippen LogP) is 3.25. The zero-order valence-electron chi connectivity index (χ0n) is 17.2. The summed E-state index contributed by atoms with van der Waals surface area (Å²) in [6, 6.07) is 11.4. The number of carbonyl (C=O) groups is 1. The Balaban J connectivity index is 1.34. The summed E-state index contributed by atoms with van der Waals surface area (Å²) in [5.41, 5.74) is 4.07. The molecule has 1 amide bonds. The number of fused-ring (bicyclic) bond motifs is 1. The van der Waals surface area contributed by atoms with Crippen molar-refractivity contribution >= 4 is 23.8 Å². The highest BCUT2D eigenvalue weighted by molar-refractivity contribution is 5.86. The molecule has 1 aliphatic heterocycles. The second kappa shape index (κ2) is 8.85. The number of amides is 1. The van der Waals surface area contributed by atoms with Crippen LogP contribution in [0.4, 0.5) is 5.82 Å². The zero-order chi connectivity index (χ0) is 21.1. The highest BCUT2D eigenvalue weighted by Crippen LogP contribution is 2.39. The smallest absolute Gasteiger partial charge is 0.223 e. The first-order valence-corrected chi connectivity index (χ1v) is 10.5. The van der Waals surface area contributed by atoms with Gasteiger partial charge in [0.05, 0.1) is 11.8 Å². The molecule has 0 unspecified atom stereocenters. The van der Waals surface area contributed by atoms with E-state index in [2.05, 4.69) is 22.2 Å². The summed E-state index contributed by atoms with van der Waals surface area (Å²) in [6.45, 7) is 2.37. The molecule has 1 atom stereocenters. The summed E-state index contributed by atoms with van der Waals surface area (Å²) in [5, 5.41) is 14.8. The maximum atomic E-state index is 12.6. The van der Waals surface area contributed by atoms with E-state index in [0.717, 1.165) is 48.3 Å². The molecule has 5 N–H and O–H groups in total. The Kier molecular flexibility index (Phi) is 6.01. The molecule has 0 radical (unpaired) electrons. The van der Waals surface area contributed by atoms with Crippen molar-refractivity contribution in [1.29, 1.82) is 0 Å². The van der Waals surface area contributed by atoms with E-state index in [9.17, 15) is 9.90 Å². The second-order valence-electron chi connectivity index (χ2n) is 8.14. The molecule has 0 saturated heterocycles. The maximum Gasteiger partial charge on any atom is 0.223 e. The number of nitrogens with one attached hydrogen (secondary N) is 2. The Bertz CT molecular complexity index is 942. The number of rotatable bonds is 5. The fraction of sp³-hybridized carbons (Fsp3) is 0.391. The first kappa shape index (κ1) is 20.4. The van der Waals surface area contributed by atoms with Crippen LogP contribution in [-0.2, 0) is 4.79 Å². The van der Waals surface area contributed by atoms with E-state index in [1.165, 1.54) is 5.57 Å². The van der Waals surface area contributed by atoms with E-state index in [1.807, 2.05) is 42.6 Å². The molecular formula is C23H29N5O2. The van der Waals surface area contributed by atoms with E-state index >= 15 is 0 Å². The Hall–Kier alpha value is -2.90. The number of H-pyrrole nitrogens is 1. The molecule has 2 aromatic rings. The molecule has 2 heterocycles. The third kappa shape index (κ3) is 4.17. The highest BCUT2D eigenvalue weighted by Gasteiger charge is 2.30. The lowest BCUT2D eigenvalue weighted by Crippen LogP contribution is -2.36. The van der Waals surface area contributed by atoms with Crippen LogP contribution in [0.5, 0.6) is 0 Å². The number of nitrogens with two attached hydrogens (primary N) is 1. The van der Waals surface area contributed by atoms with Crippen LogP contribution in [0.3, 0.4) is 0 Å². The first-order chi connectivity index (χ1) is 14.5. The van der Waals surface area contributed by atoms with Crippen LogP contribution in [0.2, 0.25) is 0 Å². The molecule has 4 rings (SSSR count). The van der Waals surface area contributed by atoms with Gasteiger partial charge in [0, 0.05) is 24.2 Å². The number of hydrogen-bond donors (Lipinski definition) is 4. The molecule has 1 fully saturated rings. The third-order valence-electron chi connectivity index (χ3n) is 6.29. The molecule has 1 aromatic carbocycles. The first-order valence-electron chi connectivity index (χ1n) is 10.5. The summed E-state index contributed by atoms with van der Waals surface area (Å²) < 4.78 is 0. The Morgan fingerprint density at radius 2 is 1.93 bits per heavy atom. The molecule has 1 saturated carbocycles. The molecule has 1 aliphatic carbocycles. The van der Waals surface area contributed by atoms with Crippen molar-refractivity contribution in [3.05, 3.63) is 59.3 Å². The molecule has 2 aliphatic rings. The largest absolute Gasteiger partial charge is 0.387 e. The zero-order valence-corrected chi connectivity index (χ0v) is 17.2. The average Bonchev–Trinajstić information content (AvgIpc) is 3.26. The third-order valence-corrected chi connectivity index (χ3v) is 6.29. The van der Waals surface area contributed by atoms with E-state index in [1.54, 1.807) is 11.3 Å². The molecule has 0 bridgehead atoms. The highest BCUT2D eigenvalue weighted by atomic mass is 16.3. The van der Waals surface area contributed by atoms with Gasteiger partial charge in [0.15, 0.2) is 0 Å². The van der Waals surface area contributed by atoms with Gasteiger partial charge in [0.2, 0.25) is 5.91 Å². The number of nitrogens with zero attached hydrogens (tertiary/aromatic N) is 2. The van der Waals surface area contributed by atoms with Crippen LogP contribution < -0.4 is 11.2 Å². The van der Waals surface area contributed by atoms with Crippen LogP contribution in [-0.4, -0.2) is 33.9 Å². The Labute approximate surface area is 176 Å². The fourth-order valence-electron chi connectivity index (χ4n) is 4.51. The number of aliphatic hydroxyl groups is 1. The molecule has 1 aromatic heterocycles. The van der Waals surface area contributed by atoms with Crippen molar-refractivity contribution in [3.8, 4) is 0 Å². The lowest BCUT2D eigenvalue weighted by molar-refractivity contribution is -0.126. The molecule has 7 heteroatoms. The SMILES string of the molecule is C/C(=C1/c2cc[nH]c2N=CN1N)C1CCC(C(=O)NC[C@@H](O)c2ccccc2)CC1. The van der Waals surface area contributed by atoms with Crippen LogP contribution in [0, 0.1) is 11.8 Å². The number of allylic oxidation sites excluding steroid dienone is 1. The van der Waals surface area contributed by atoms with E-state index in [4.69, 9.17) is 5.84 Å². The number of aromatic amines is 1. The number of aliphatic hydroxyl groups excluding tert-OH is 1. The minimum Gasteiger partial charge on any atom is -0.387 e. The van der Waals surface area contributed by atoms with Gasteiger partial charge in [0.25, 0.3) is 0 Å². The normalized spacial score (nSPS) is 23.6. The summed E-state index contributed by atoms with van der Waals surface area (Å²) in [7, 11) is 0. The minimum absolute atomic E-state index is 0.00765. The summed E-state index contributed by atoms with van der Waals surface area (Å²) in [6.07, 6.45) is 6.38. The van der Waals surface area contributed by atoms with Crippen molar-refractivity contribution in [2.24, 2.45) is 22.7 Å². The quantitative estimate of drug-likeness (QED) is 0.571. The molecule has 0 spiro atoms. The van der Waals surface area contributed by atoms with Crippen LogP contribution in [0.25, 0.3) is 5.70 Å². The lowest BCUT2D eigenvalue weighted by atomic mass is 9.77. The minimum atomic E-state index is -0.683. The van der Waals surface area contributed by atoms with Gasteiger partial charge in [-0.15, -0.1) is 0 Å². The van der Waals surface area contributed by atoms with Crippen LogP contribution >= 0.6 is 0 Å². The van der Waals surface area contributed by atoms with Gasteiger partial charge in [-0.2, -0.15) is 0 Å². The van der Waals surface area contributed by atoms with Gasteiger partial charge >= 0.3 is 0 Å². The average molecular weight is 408 g/mol. The van der Waals surface area contributed by atoms with Crippen LogP contribution in [0.15, 0.2) is 53.2 Å². The van der Waals surface area contributed by atoms with Crippen LogP contribution in [0.1, 0.15) is 49.8 Å². The lowest BCUT2D eigenvalue weighted by Gasteiger charge is -2.32. The van der Waals surface area contributed by atoms with Gasteiger partial charge in [-0.1, -0.05) is 30.3 Å². The fourth-order valence-corrected chi connectivity index (χ4v) is 4.51. The molecular weight excluding hydrogens is 378 g/mol. The number of hydrazine groups is 1. The number of hydrogen-bond acceptors (Lipinski definition) is 5. The van der Waals surface area contributed by atoms with Crippen molar-refractivity contribution in [2.75, 3.05) is 6.54 Å². The van der Waals surface area contributed by atoms with E-state index < -0.39 is 6.10 Å². The maximum absolute atomic E-state index is 12.6. The topological polar surface area (TPSA) is 107 Å². The van der Waals surface area contributed by atoms with Crippen molar-refractivity contribution in [3.63, 3.8) is 0 Å². The summed E-state index contributed by atoms with van der Waals surface area (Å²) >= 11 is 0. The number of benzene rings is 1. The number of carbonyl (C=O) groups excluding carboxylic acids is 1. The Morgan fingerprint density at radius 1 is 1.23 bits per heavy atom. The van der Waals surface area contributed by atoms with Crippen molar-refractivity contribution in [2.45, 2.75) is 38.7 Å². The second-order valence-corrected chi connectivity index (χ2v) is 8.14. The van der Waals surface area contributed by atoms with Crippen molar-refractivity contribution in [1.82, 2.24) is 15.3 Å². The monoisotopic (exact) mass is 407 g/mol. The molecule has 158 valence electrons. The number of aliphatic imine (C=N–C) groups is 1. The molecule has 30 heavy (non-hydrogen) atoms.